The lowest BCUT2D eigenvalue weighted by atomic mass is 10.0. The Kier molecular flexibility index (Phi) is 16.4. The van der Waals surface area contributed by atoms with Crippen LogP contribution in [0.3, 0.4) is 0 Å². The summed E-state index contributed by atoms with van der Waals surface area (Å²) in [6.07, 6.45) is 20.7. The molecule has 0 N–H and O–H groups in total. The van der Waals surface area contributed by atoms with E-state index in [2.05, 4.69) is 77.8 Å². The van der Waals surface area contributed by atoms with Crippen LogP contribution in [0.4, 0.5) is 0 Å². The van der Waals surface area contributed by atoms with Crippen molar-refractivity contribution in [2.24, 2.45) is 0 Å². The van der Waals surface area contributed by atoms with Gasteiger partial charge in [-0.1, -0.05) is 66.4 Å². The molecule has 0 fully saturated rings. The Morgan fingerprint density at radius 1 is 0.667 bits per heavy atom. The second-order valence-electron chi connectivity index (χ2n) is 8.52. The highest BCUT2D eigenvalue weighted by atomic mass is 15.1. The Bertz CT molecular complexity index is 486. The second kappa shape index (κ2) is 17.0. The van der Waals surface area contributed by atoms with Crippen LogP contribution < -0.4 is 0 Å². The normalized spacial score (nSPS) is 13.4. The highest BCUT2D eigenvalue weighted by molar-refractivity contribution is 5.07. The molecule has 0 aliphatic heterocycles. The Balaban J connectivity index is 3.99. The molecule has 0 aliphatic rings. The van der Waals surface area contributed by atoms with Crippen molar-refractivity contribution in [3.63, 3.8) is 0 Å². The molecule has 0 saturated carbocycles. The molecule has 0 spiro atoms. The number of nitrogens with zero attached hydrogens (tertiary/aromatic N) is 1. The lowest BCUT2D eigenvalue weighted by Gasteiger charge is -2.14. The van der Waals surface area contributed by atoms with Crippen LogP contribution in [0.2, 0.25) is 0 Å². The van der Waals surface area contributed by atoms with Gasteiger partial charge < -0.3 is 4.90 Å². The molecule has 1 nitrogen and oxygen atoms in total. The third-order valence-corrected chi connectivity index (χ3v) is 5.05. The average Bonchev–Trinajstić information content (AvgIpc) is 2.60. The summed E-state index contributed by atoms with van der Waals surface area (Å²) in [7, 11) is 2.23. The predicted octanol–water partition coefficient (Wildman–Crippen LogP) is 8.25. The quantitative estimate of drug-likeness (QED) is 0.206. The molecule has 0 heterocycles. The van der Waals surface area contributed by atoms with Gasteiger partial charge in [-0.25, -0.2) is 0 Å². The number of likely N-dealkylation sites (N-methyl/N-ethyl adjacent to an activating group) is 1. The van der Waals surface area contributed by atoms with E-state index >= 15 is 0 Å². The first-order valence-corrected chi connectivity index (χ1v) is 11.1. The fraction of sp³-hybridized carbons (Fsp3) is 0.692. The Morgan fingerprint density at radius 3 is 1.63 bits per heavy atom. The van der Waals surface area contributed by atoms with E-state index in [4.69, 9.17) is 0 Å². The zero-order chi connectivity index (χ0) is 20.5. The van der Waals surface area contributed by atoms with Gasteiger partial charge in [-0.15, -0.1) is 0 Å². The largest absolute Gasteiger partial charge is 0.303 e. The summed E-state index contributed by atoms with van der Waals surface area (Å²) in [6.45, 7) is 15.8. The zero-order valence-corrected chi connectivity index (χ0v) is 19.5. The lowest BCUT2D eigenvalue weighted by molar-refractivity contribution is 0.358. The minimum absolute atomic E-state index is 1.09. The monoisotopic (exact) mass is 373 g/mol. The van der Waals surface area contributed by atoms with Crippen LogP contribution in [0.5, 0.6) is 0 Å². The van der Waals surface area contributed by atoms with Crippen LogP contribution in [0.25, 0.3) is 0 Å². The van der Waals surface area contributed by atoms with Gasteiger partial charge in [0, 0.05) is 6.54 Å². The summed E-state index contributed by atoms with van der Waals surface area (Å²) in [5, 5.41) is 0. The number of allylic oxidation sites excluding steroid dienone is 7. The van der Waals surface area contributed by atoms with Gasteiger partial charge in [-0.3, -0.25) is 0 Å². The van der Waals surface area contributed by atoms with Gasteiger partial charge in [0.05, 0.1) is 0 Å². The van der Waals surface area contributed by atoms with Crippen LogP contribution in [0.1, 0.15) is 99.3 Å². The lowest BCUT2D eigenvalue weighted by Crippen LogP contribution is -2.19. The number of hydrogen-bond donors (Lipinski definition) is 0. The molecule has 27 heavy (non-hydrogen) atoms. The van der Waals surface area contributed by atoms with Crippen molar-refractivity contribution in [2.45, 2.75) is 99.3 Å². The molecule has 0 aromatic carbocycles. The fourth-order valence-electron chi connectivity index (χ4n) is 3.02. The topological polar surface area (TPSA) is 3.24 Å². The van der Waals surface area contributed by atoms with Gasteiger partial charge in [0.25, 0.3) is 0 Å². The van der Waals surface area contributed by atoms with Gasteiger partial charge in [0.1, 0.15) is 0 Å². The van der Waals surface area contributed by atoms with E-state index in [1.807, 2.05) is 0 Å². The van der Waals surface area contributed by atoms with Crippen molar-refractivity contribution in [3.05, 3.63) is 46.6 Å². The van der Waals surface area contributed by atoms with E-state index in [0.29, 0.717) is 0 Å². The smallest absolute Gasteiger partial charge is 0.0162 e. The van der Waals surface area contributed by atoms with E-state index in [0.717, 1.165) is 6.54 Å². The highest BCUT2D eigenvalue weighted by Crippen LogP contribution is 2.13. The van der Waals surface area contributed by atoms with Gasteiger partial charge in [0.15, 0.2) is 0 Å². The molecule has 0 amide bonds. The van der Waals surface area contributed by atoms with Gasteiger partial charge >= 0.3 is 0 Å². The Labute approximate surface area is 171 Å². The molecule has 0 atom stereocenters. The molecule has 0 saturated heterocycles. The predicted molar refractivity (Wildman–Crippen MR) is 125 cm³/mol. The van der Waals surface area contributed by atoms with Crippen molar-refractivity contribution in [3.8, 4) is 0 Å². The Morgan fingerprint density at radius 2 is 1.15 bits per heavy atom. The first-order chi connectivity index (χ1) is 12.8. The maximum Gasteiger partial charge on any atom is 0.0162 e. The summed E-state index contributed by atoms with van der Waals surface area (Å²) in [6, 6.07) is 0. The van der Waals surface area contributed by atoms with E-state index in [1.165, 1.54) is 86.6 Å². The SMILES string of the molecule is CCCCCN(C)CC=C(C)CCC=C(C)CCC=C(C)CCC=C(C)C. The van der Waals surface area contributed by atoms with E-state index in [-0.39, 0.29) is 0 Å². The minimum Gasteiger partial charge on any atom is -0.303 e. The standard InChI is InChI=1S/C26H47N/c1-8-9-10-21-27(7)22-20-26(6)19-13-18-25(5)17-12-16-24(4)15-11-14-23(2)3/h14,16,18,20H,8-13,15,17,19,21-22H2,1-7H3. The maximum atomic E-state index is 2.44. The molecule has 0 unspecified atom stereocenters. The summed E-state index contributed by atoms with van der Waals surface area (Å²) in [4.78, 5) is 2.44. The molecule has 0 aromatic rings. The van der Waals surface area contributed by atoms with Crippen molar-refractivity contribution in [2.75, 3.05) is 20.1 Å². The fourth-order valence-corrected chi connectivity index (χ4v) is 3.02. The van der Waals surface area contributed by atoms with Gasteiger partial charge in [0.2, 0.25) is 0 Å². The highest BCUT2D eigenvalue weighted by Gasteiger charge is 1.97. The van der Waals surface area contributed by atoms with Gasteiger partial charge in [-0.05, 0) is 93.2 Å². The molecular formula is C26H47N. The number of rotatable bonds is 15. The molecule has 0 aromatic heterocycles. The zero-order valence-electron chi connectivity index (χ0n) is 19.5. The summed E-state index contributed by atoms with van der Waals surface area (Å²) >= 11 is 0. The molecule has 0 radical (unpaired) electrons. The number of unbranched alkanes of at least 4 members (excludes halogenated alkanes) is 2. The van der Waals surface area contributed by atoms with Gasteiger partial charge in [-0.2, -0.15) is 0 Å². The van der Waals surface area contributed by atoms with Crippen LogP contribution in [-0.2, 0) is 0 Å². The second-order valence-corrected chi connectivity index (χ2v) is 8.52. The summed E-state index contributed by atoms with van der Waals surface area (Å²) < 4.78 is 0. The molecule has 1 heteroatoms. The molecule has 0 bridgehead atoms. The minimum atomic E-state index is 1.09. The van der Waals surface area contributed by atoms with Crippen molar-refractivity contribution in [1.29, 1.82) is 0 Å². The Hall–Kier alpha value is -1.08. The third kappa shape index (κ3) is 18.1. The first kappa shape index (κ1) is 25.9. The van der Waals surface area contributed by atoms with E-state index in [9.17, 15) is 0 Å². The van der Waals surface area contributed by atoms with Crippen LogP contribution in [0.15, 0.2) is 46.6 Å². The molecule has 156 valence electrons. The van der Waals surface area contributed by atoms with E-state index < -0.39 is 0 Å². The number of hydrogen-bond acceptors (Lipinski definition) is 1. The first-order valence-electron chi connectivity index (χ1n) is 11.1. The summed E-state index contributed by atoms with van der Waals surface area (Å²) in [5.41, 5.74) is 6.01. The van der Waals surface area contributed by atoms with E-state index in [1.54, 1.807) is 0 Å². The summed E-state index contributed by atoms with van der Waals surface area (Å²) in [5.74, 6) is 0. The van der Waals surface area contributed by atoms with Crippen LogP contribution in [-0.4, -0.2) is 25.0 Å². The molecular weight excluding hydrogens is 326 g/mol. The van der Waals surface area contributed by atoms with Crippen LogP contribution in [0, 0.1) is 0 Å². The third-order valence-electron chi connectivity index (χ3n) is 5.05. The average molecular weight is 374 g/mol. The van der Waals surface area contributed by atoms with Crippen molar-refractivity contribution in [1.82, 2.24) is 4.90 Å². The van der Waals surface area contributed by atoms with Crippen LogP contribution >= 0.6 is 0 Å². The van der Waals surface area contributed by atoms with Crippen molar-refractivity contribution < 1.29 is 0 Å². The molecule has 0 aliphatic carbocycles. The van der Waals surface area contributed by atoms with Crippen molar-refractivity contribution >= 4 is 0 Å². The maximum absolute atomic E-state index is 2.44. The molecule has 0 rings (SSSR count).